The highest BCUT2D eigenvalue weighted by Crippen LogP contribution is 2.20. The second kappa shape index (κ2) is 4.47. The van der Waals surface area contributed by atoms with Gasteiger partial charge in [0.1, 0.15) is 15.7 Å². The van der Waals surface area contributed by atoms with Crippen molar-refractivity contribution in [2.75, 3.05) is 12.0 Å². The van der Waals surface area contributed by atoms with Crippen LogP contribution in [0.4, 0.5) is 4.39 Å². The third-order valence-corrected chi connectivity index (χ3v) is 4.05. The lowest BCUT2D eigenvalue weighted by Crippen LogP contribution is -2.16. The monoisotopic (exact) mass is 288 g/mol. The number of halogens is 1. The summed E-state index contributed by atoms with van der Waals surface area (Å²) in [4.78, 5) is 2.88. The number of rotatable bonds is 3. The molecule has 0 saturated carbocycles. The molecule has 1 heterocycles. The minimum Gasteiger partial charge on any atom is -0.330 e. The molecule has 1 N–H and O–H groups in total. The van der Waals surface area contributed by atoms with Gasteiger partial charge in [-0.15, -0.1) is 0 Å². The van der Waals surface area contributed by atoms with Crippen LogP contribution in [0.3, 0.4) is 0 Å². The average molecular weight is 288 g/mol. The van der Waals surface area contributed by atoms with E-state index in [9.17, 15) is 12.8 Å². The Morgan fingerprint density at radius 3 is 2.78 bits per heavy atom. The summed E-state index contributed by atoms with van der Waals surface area (Å²) < 4.78 is 37.8. The van der Waals surface area contributed by atoms with Crippen molar-refractivity contribution in [1.82, 2.24) is 9.55 Å². The van der Waals surface area contributed by atoms with E-state index in [1.54, 1.807) is 17.6 Å². The van der Waals surface area contributed by atoms with Crippen molar-refractivity contribution in [3.63, 3.8) is 0 Å². The molecule has 1 atom stereocenters. The Bertz CT molecular complexity index is 746. The Morgan fingerprint density at radius 2 is 2.17 bits per heavy atom. The number of hydrogen-bond donors (Lipinski definition) is 1. The summed E-state index contributed by atoms with van der Waals surface area (Å²) in [5.74, 6) is -0.368. The van der Waals surface area contributed by atoms with Crippen LogP contribution in [-0.2, 0) is 9.84 Å². The molecule has 2 aromatic rings. The van der Waals surface area contributed by atoms with Crippen molar-refractivity contribution in [2.45, 2.75) is 13.0 Å². The molecule has 0 aliphatic rings. The largest absolute Gasteiger partial charge is 0.330 e. The smallest absolute Gasteiger partial charge is 0.178 e. The number of benzene rings is 1. The van der Waals surface area contributed by atoms with Crippen LogP contribution >= 0.6 is 12.2 Å². The van der Waals surface area contributed by atoms with Crippen molar-refractivity contribution in [3.8, 4) is 0 Å². The fourth-order valence-corrected chi connectivity index (χ4v) is 3.47. The van der Waals surface area contributed by atoms with Crippen LogP contribution in [0.15, 0.2) is 18.2 Å². The minimum absolute atomic E-state index is 0.00830. The molecule has 0 fully saturated rings. The topological polar surface area (TPSA) is 54.9 Å². The first-order chi connectivity index (χ1) is 8.28. The first kappa shape index (κ1) is 13.2. The maximum atomic E-state index is 13.1. The number of aromatic nitrogens is 2. The number of imidazole rings is 1. The lowest BCUT2D eigenvalue weighted by Gasteiger charge is -2.13. The number of sulfone groups is 1. The lowest BCUT2D eigenvalue weighted by atomic mass is 10.3. The first-order valence-corrected chi connectivity index (χ1v) is 7.82. The van der Waals surface area contributed by atoms with Gasteiger partial charge in [0.05, 0.1) is 16.8 Å². The highest BCUT2D eigenvalue weighted by molar-refractivity contribution is 7.90. The normalized spacial score (nSPS) is 13.9. The molecule has 0 aliphatic carbocycles. The number of fused-ring (bicyclic) bond motifs is 1. The van der Waals surface area contributed by atoms with E-state index in [1.165, 1.54) is 18.4 Å². The zero-order valence-electron chi connectivity index (χ0n) is 9.97. The van der Waals surface area contributed by atoms with Gasteiger partial charge >= 0.3 is 0 Å². The van der Waals surface area contributed by atoms with E-state index in [1.807, 2.05) is 0 Å². The summed E-state index contributed by atoms with van der Waals surface area (Å²) in [7, 11) is -3.10. The van der Waals surface area contributed by atoms with Gasteiger partial charge < -0.3 is 9.55 Å². The molecule has 4 nitrogen and oxygen atoms in total. The van der Waals surface area contributed by atoms with Gasteiger partial charge in [-0.1, -0.05) is 0 Å². The van der Waals surface area contributed by atoms with Crippen molar-refractivity contribution in [1.29, 1.82) is 0 Å². The highest BCUT2D eigenvalue weighted by atomic mass is 32.2. The minimum atomic E-state index is -3.10. The molecule has 7 heteroatoms. The number of aromatic amines is 1. The maximum absolute atomic E-state index is 13.1. The second-order valence-electron chi connectivity index (χ2n) is 4.40. The summed E-state index contributed by atoms with van der Waals surface area (Å²) in [6, 6.07) is 3.96. The predicted octanol–water partition coefficient (Wildman–Crippen LogP) is 2.44. The molecule has 2 rings (SSSR count). The van der Waals surface area contributed by atoms with E-state index >= 15 is 0 Å². The van der Waals surface area contributed by atoms with Crippen LogP contribution in [0.1, 0.15) is 13.0 Å². The summed E-state index contributed by atoms with van der Waals surface area (Å²) >= 11 is 5.15. The molecule has 0 aliphatic heterocycles. The Balaban J connectivity index is 2.57. The van der Waals surface area contributed by atoms with E-state index in [0.29, 0.717) is 15.8 Å². The summed E-state index contributed by atoms with van der Waals surface area (Å²) in [6.07, 6.45) is 1.18. The van der Waals surface area contributed by atoms with Crippen molar-refractivity contribution >= 4 is 33.1 Å². The van der Waals surface area contributed by atoms with E-state index in [0.717, 1.165) is 0 Å². The molecular weight excluding hydrogens is 275 g/mol. The fourth-order valence-electron chi connectivity index (χ4n) is 2.05. The zero-order chi connectivity index (χ0) is 13.5. The Morgan fingerprint density at radius 1 is 1.50 bits per heavy atom. The number of H-pyrrole nitrogens is 1. The summed E-state index contributed by atoms with van der Waals surface area (Å²) in [5.41, 5.74) is 1.28. The molecule has 0 radical (unpaired) electrons. The fraction of sp³-hybridized carbons (Fsp3) is 0.364. The summed E-state index contributed by atoms with van der Waals surface area (Å²) in [6.45, 7) is 1.77. The van der Waals surface area contributed by atoms with Gasteiger partial charge in [-0.3, -0.25) is 0 Å². The molecular formula is C11H13FN2O2S2. The van der Waals surface area contributed by atoms with Crippen LogP contribution in [-0.4, -0.2) is 30.0 Å². The van der Waals surface area contributed by atoms with Gasteiger partial charge in [-0.05, 0) is 37.3 Å². The Labute approximate surface area is 109 Å². The van der Waals surface area contributed by atoms with Gasteiger partial charge in [-0.25, -0.2) is 12.8 Å². The standard InChI is InChI=1S/C11H13FN2O2S2/c1-7(6-18(2,15)16)14-10-4-3-8(12)5-9(10)13-11(14)17/h3-5,7H,6H2,1-2H3,(H,13,17). The van der Waals surface area contributed by atoms with Crippen molar-refractivity contribution < 1.29 is 12.8 Å². The molecule has 98 valence electrons. The molecule has 1 aromatic carbocycles. The van der Waals surface area contributed by atoms with Gasteiger partial charge in [-0.2, -0.15) is 0 Å². The average Bonchev–Trinajstić information content (AvgIpc) is 2.50. The Hall–Kier alpha value is -1.21. The van der Waals surface area contributed by atoms with Crippen LogP contribution in [0.5, 0.6) is 0 Å². The van der Waals surface area contributed by atoms with Crippen LogP contribution < -0.4 is 0 Å². The predicted molar refractivity (Wildman–Crippen MR) is 71.5 cm³/mol. The van der Waals surface area contributed by atoms with Crippen LogP contribution in [0.25, 0.3) is 11.0 Å². The number of nitrogens with zero attached hydrogens (tertiary/aromatic N) is 1. The van der Waals surface area contributed by atoms with Gasteiger partial charge in [0.15, 0.2) is 4.77 Å². The second-order valence-corrected chi connectivity index (χ2v) is 6.97. The van der Waals surface area contributed by atoms with Crippen molar-refractivity contribution in [3.05, 3.63) is 28.8 Å². The number of nitrogens with one attached hydrogen (secondary N) is 1. The Kier molecular flexibility index (Phi) is 3.29. The van der Waals surface area contributed by atoms with E-state index < -0.39 is 9.84 Å². The van der Waals surface area contributed by atoms with Crippen molar-refractivity contribution in [2.24, 2.45) is 0 Å². The number of hydrogen-bond acceptors (Lipinski definition) is 3. The molecule has 1 aromatic heterocycles. The molecule has 1 unspecified atom stereocenters. The third-order valence-electron chi connectivity index (χ3n) is 2.66. The molecule has 0 amide bonds. The van der Waals surface area contributed by atoms with Gasteiger partial charge in [0, 0.05) is 12.3 Å². The quantitative estimate of drug-likeness (QED) is 0.883. The van der Waals surface area contributed by atoms with Gasteiger partial charge in [0.25, 0.3) is 0 Å². The summed E-state index contributed by atoms with van der Waals surface area (Å²) in [5, 5.41) is 0. The molecule has 0 bridgehead atoms. The molecule has 18 heavy (non-hydrogen) atoms. The molecule has 0 spiro atoms. The maximum Gasteiger partial charge on any atom is 0.178 e. The lowest BCUT2D eigenvalue weighted by molar-refractivity contribution is 0.565. The van der Waals surface area contributed by atoms with Gasteiger partial charge in [0.2, 0.25) is 0 Å². The van der Waals surface area contributed by atoms with E-state index in [-0.39, 0.29) is 17.6 Å². The van der Waals surface area contributed by atoms with Crippen LogP contribution in [0.2, 0.25) is 0 Å². The first-order valence-electron chi connectivity index (χ1n) is 5.35. The van der Waals surface area contributed by atoms with E-state index in [2.05, 4.69) is 4.98 Å². The van der Waals surface area contributed by atoms with Crippen LogP contribution in [0, 0.1) is 10.6 Å². The molecule has 0 saturated heterocycles. The highest BCUT2D eigenvalue weighted by Gasteiger charge is 2.16. The zero-order valence-corrected chi connectivity index (χ0v) is 11.6. The van der Waals surface area contributed by atoms with E-state index in [4.69, 9.17) is 12.2 Å². The SMILES string of the molecule is CC(CS(C)(=O)=O)n1c(=S)[nH]c2cc(F)ccc21. The third kappa shape index (κ3) is 2.62.